The largest absolute Gasteiger partial charge is 0.481 e. The van der Waals surface area contributed by atoms with E-state index in [1.165, 1.54) is 18.2 Å². The lowest BCUT2D eigenvalue weighted by atomic mass is 9.87. The second kappa shape index (κ2) is 5.68. The number of nitrogens with zero attached hydrogens (tertiary/aromatic N) is 2. The van der Waals surface area contributed by atoms with Crippen LogP contribution in [-0.4, -0.2) is 29.1 Å². The molecule has 0 atom stereocenters. The zero-order valence-corrected chi connectivity index (χ0v) is 13.6. The standard InChI is InChI=1S/C19H23FN2O/c1-2-9-21-11-7-19(8-12-21)18-4-3-10-22(18)14-15-13-16(20)5-6-17(15)23-19/h3-6,10,13H,2,7-9,11-12,14H2,1H3. The Balaban J connectivity index is 1.71. The Morgan fingerprint density at radius 1 is 1.22 bits per heavy atom. The third-order valence-electron chi connectivity index (χ3n) is 5.17. The van der Waals surface area contributed by atoms with Gasteiger partial charge in [0.2, 0.25) is 0 Å². The molecule has 1 fully saturated rings. The summed E-state index contributed by atoms with van der Waals surface area (Å²) in [4.78, 5) is 2.51. The maximum absolute atomic E-state index is 13.6. The summed E-state index contributed by atoms with van der Waals surface area (Å²) in [5, 5.41) is 0. The molecule has 3 heterocycles. The Labute approximate surface area is 136 Å². The van der Waals surface area contributed by atoms with E-state index in [4.69, 9.17) is 4.74 Å². The van der Waals surface area contributed by atoms with Crippen LogP contribution in [0.3, 0.4) is 0 Å². The number of hydrogen-bond acceptors (Lipinski definition) is 2. The minimum absolute atomic E-state index is 0.199. The molecule has 3 nitrogen and oxygen atoms in total. The van der Waals surface area contributed by atoms with Gasteiger partial charge in [0.1, 0.15) is 11.6 Å². The van der Waals surface area contributed by atoms with Crippen LogP contribution in [0.15, 0.2) is 36.5 Å². The third kappa shape index (κ3) is 2.55. The summed E-state index contributed by atoms with van der Waals surface area (Å²) in [7, 11) is 0. The third-order valence-corrected chi connectivity index (χ3v) is 5.17. The van der Waals surface area contributed by atoms with Crippen LogP contribution in [0.2, 0.25) is 0 Å². The first kappa shape index (κ1) is 14.8. The molecule has 4 heteroatoms. The summed E-state index contributed by atoms with van der Waals surface area (Å²) < 4.78 is 22.4. The fraction of sp³-hybridized carbons (Fsp3) is 0.474. The summed E-state index contributed by atoms with van der Waals surface area (Å²) in [6.45, 7) is 6.16. The van der Waals surface area contributed by atoms with Crippen molar-refractivity contribution < 1.29 is 9.13 Å². The van der Waals surface area contributed by atoms with Crippen LogP contribution >= 0.6 is 0 Å². The first-order valence-corrected chi connectivity index (χ1v) is 8.56. The number of likely N-dealkylation sites (tertiary alicyclic amines) is 1. The first-order chi connectivity index (χ1) is 11.2. The molecule has 4 rings (SSSR count). The first-order valence-electron chi connectivity index (χ1n) is 8.56. The summed E-state index contributed by atoms with van der Waals surface area (Å²) in [6.07, 6.45) is 5.23. The lowest BCUT2D eigenvalue weighted by Crippen LogP contribution is -2.46. The van der Waals surface area contributed by atoms with E-state index in [1.807, 2.05) is 0 Å². The predicted molar refractivity (Wildman–Crippen MR) is 88.2 cm³/mol. The minimum atomic E-state index is -0.281. The van der Waals surface area contributed by atoms with E-state index in [0.717, 1.165) is 43.8 Å². The van der Waals surface area contributed by atoms with E-state index in [9.17, 15) is 4.39 Å². The summed E-state index contributed by atoms with van der Waals surface area (Å²) >= 11 is 0. The molecule has 1 spiro atoms. The molecule has 1 aromatic carbocycles. The summed E-state index contributed by atoms with van der Waals surface area (Å²) in [5.74, 6) is 0.633. The van der Waals surface area contributed by atoms with Gasteiger partial charge in [0.25, 0.3) is 0 Å². The van der Waals surface area contributed by atoms with Crippen molar-refractivity contribution in [1.29, 1.82) is 0 Å². The minimum Gasteiger partial charge on any atom is -0.481 e. The van der Waals surface area contributed by atoms with Crippen molar-refractivity contribution in [2.45, 2.75) is 38.3 Å². The molecule has 0 radical (unpaired) electrons. The highest BCUT2D eigenvalue weighted by Crippen LogP contribution is 2.42. The normalized spacial score (nSPS) is 19.7. The summed E-state index contributed by atoms with van der Waals surface area (Å²) in [5.41, 5.74) is 1.87. The zero-order chi connectivity index (χ0) is 15.9. The molecule has 0 amide bonds. The molecule has 122 valence electrons. The van der Waals surface area contributed by atoms with Crippen molar-refractivity contribution in [2.24, 2.45) is 0 Å². The Hall–Kier alpha value is -1.81. The molecule has 0 unspecified atom stereocenters. The fourth-order valence-electron chi connectivity index (χ4n) is 4.00. The molecular formula is C19H23FN2O. The van der Waals surface area contributed by atoms with Crippen molar-refractivity contribution in [1.82, 2.24) is 9.47 Å². The smallest absolute Gasteiger partial charge is 0.151 e. The second-order valence-corrected chi connectivity index (χ2v) is 6.71. The molecular weight excluding hydrogens is 291 g/mol. The van der Waals surface area contributed by atoms with Gasteiger partial charge in [-0.25, -0.2) is 4.39 Å². The number of aromatic nitrogens is 1. The number of piperidine rings is 1. The van der Waals surface area contributed by atoms with Gasteiger partial charge in [0, 0.05) is 37.7 Å². The van der Waals surface area contributed by atoms with Gasteiger partial charge >= 0.3 is 0 Å². The van der Waals surface area contributed by atoms with Crippen molar-refractivity contribution in [3.63, 3.8) is 0 Å². The van der Waals surface area contributed by atoms with Gasteiger partial charge in [0.05, 0.1) is 12.2 Å². The average Bonchev–Trinajstić information content (AvgIpc) is 2.97. The van der Waals surface area contributed by atoms with E-state index in [0.29, 0.717) is 6.54 Å². The average molecular weight is 314 g/mol. The number of hydrogen-bond donors (Lipinski definition) is 0. The Kier molecular flexibility index (Phi) is 3.64. The molecule has 0 N–H and O–H groups in total. The van der Waals surface area contributed by atoms with Gasteiger partial charge in [-0.15, -0.1) is 0 Å². The fourth-order valence-corrected chi connectivity index (χ4v) is 4.00. The molecule has 2 aromatic rings. The Morgan fingerprint density at radius 3 is 2.83 bits per heavy atom. The van der Waals surface area contributed by atoms with E-state index in [1.54, 1.807) is 12.1 Å². The molecule has 23 heavy (non-hydrogen) atoms. The zero-order valence-electron chi connectivity index (χ0n) is 13.6. The maximum Gasteiger partial charge on any atom is 0.151 e. The maximum atomic E-state index is 13.6. The molecule has 0 aliphatic carbocycles. The van der Waals surface area contributed by atoms with Crippen LogP contribution in [-0.2, 0) is 12.1 Å². The topological polar surface area (TPSA) is 17.4 Å². The lowest BCUT2D eigenvalue weighted by Gasteiger charge is -2.41. The van der Waals surface area contributed by atoms with Crippen molar-refractivity contribution in [2.75, 3.05) is 19.6 Å². The number of benzene rings is 1. The van der Waals surface area contributed by atoms with Crippen molar-refractivity contribution in [3.8, 4) is 5.75 Å². The predicted octanol–water partition coefficient (Wildman–Crippen LogP) is 3.77. The van der Waals surface area contributed by atoms with Gasteiger partial charge in [-0.2, -0.15) is 0 Å². The quantitative estimate of drug-likeness (QED) is 0.839. The highest BCUT2D eigenvalue weighted by Gasteiger charge is 2.42. The van der Waals surface area contributed by atoms with Gasteiger partial charge in [-0.1, -0.05) is 6.92 Å². The number of halogens is 1. The number of ether oxygens (including phenoxy) is 1. The molecule has 0 bridgehead atoms. The van der Waals surface area contributed by atoms with Gasteiger partial charge in [-0.3, -0.25) is 0 Å². The van der Waals surface area contributed by atoms with Crippen LogP contribution in [0.5, 0.6) is 5.75 Å². The van der Waals surface area contributed by atoms with Crippen LogP contribution in [0, 0.1) is 5.82 Å². The van der Waals surface area contributed by atoms with Crippen LogP contribution in [0.4, 0.5) is 4.39 Å². The number of fused-ring (bicyclic) bond motifs is 3. The van der Waals surface area contributed by atoms with Gasteiger partial charge < -0.3 is 14.2 Å². The molecule has 0 saturated carbocycles. The van der Waals surface area contributed by atoms with Crippen LogP contribution in [0.25, 0.3) is 0 Å². The molecule has 2 aliphatic rings. The molecule has 2 aliphatic heterocycles. The lowest BCUT2D eigenvalue weighted by molar-refractivity contribution is -0.00596. The van der Waals surface area contributed by atoms with E-state index in [-0.39, 0.29) is 11.4 Å². The number of rotatable bonds is 2. The van der Waals surface area contributed by atoms with Crippen molar-refractivity contribution >= 4 is 0 Å². The SMILES string of the molecule is CCCN1CCC2(CC1)Oc1ccc(F)cc1Cn1cccc12. The highest BCUT2D eigenvalue weighted by atomic mass is 19.1. The van der Waals surface area contributed by atoms with E-state index < -0.39 is 0 Å². The second-order valence-electron chi connectivity index (χ2n) is 6.71. The molecule has 1 aromatic heterocycles. The summed E-state index contributed by atoms with van der Waals surface area (Å²) in [6, 6.07) is 9.13. The Bertz CT molecular complexity index is 701. The highest BCUT2D eigenvalue weighted by molar-refractivity contribution is 5.38. The Morgan fingerprint density at radius 2 is 2.04 bits per heavy atom. The van der Waals surface area contributed by atoms with Crippen LogP contribution < -0.4 is 4.74 Å². The van der Waals surface area contributed by atoms with E-state index in [2.05, 4.69) is 34.7 Å². The van der Waals surface area contributed by atoms with E-state index >= 15 is 0 Å². The molecule has 1 saturated heterocycles. The monoisotopic (exact) mass is 314 g/mol. The van der Waals surface area contributed by atoms with Gasteiger partial charge in [0.15, 0.2) is 5.60 Å². The van der Waals surface area contributed by atoms with Gasteiger partial charge in [-0.05, 0) is 43.3 Å². The van der Waals surface area contributed by atoms with Crippen LogP contribution in [0.1, 0.15) is 37.4 Å². The van der Waals surface area contributed by atoms with Crippen molar-refractivity contribution in [3.05, 3.63) is 53.6 Å².